The normalized spacial score (nSPS) is 12.5. The molecule has 1 N–H and O–H groups in total. The van der Waals surface area contributed by atoms with Gasteiger partial charge in [0, 0.05) is 40.4 Å². The third kappa shape index (κ3) is 3.90. The minimum absolute atomic E-state index is 0.133. The van der Waals surface area contributed by atoms with E-state index in [4.69, 9.17) is 4.42 Å². The zero-order chi connectivity index (χ0) is 22.9. The number of carbonyl (C=O) groups excluding carboxylic acids is 3. The van der Waals surface area contributed by atoms with Gasteiger partial charge in [0.15, 0.2) is 11.6 Å². The van der Waals surface area contributed by atoms with Crippen LogP contribution in [0.3, 0.4) is 0 Å². The highest BCUT2D eigenvalue weighted by Crippen LogP contribution is 2.31. The maximum Gasteiger partial charge on any atom is 0.221 e. The molecule has 1 amide bonds. The molecule has 0 atom stereocenters. The maximum atomic E-state index is 13.0. The first-order chi connectivity index (χ1) is 16.0. The SMILES string of the molecule is CC(=O)Nc1ccc(N=Cc2ccc(-c3ccc4c(c3)C(=O)c3ccccc3C4=O)o2)cc1. The number of nitrogens with one attached hydrogen (secondary N) is 1. The van der Waals surface area contributed by atoms with Gasteiger partial charge in [0.25, 0.3) is 0 Å². The minimum Gasteiger partial charge on any atom is -0.455 e. The number of furan rings is 1. The van der Waals surface area contributed by atoms with E-state index in [1.807, 2.05) is 0 Å². The number of anilines is 1. The molecule has 0 saturated carbocycles. The van der Waals surface area contributed by atoms with Gasteiger partial charge in [-0.3, -0.25) is 19.4 Å². The van der Waals surface area contributed by atoms with Gasteiger partial charge in [0.1, 0.15) is 11.5 Å². The molecule has 3 aromatic carbocycles. The molecular weight excluding hydrogens is 416 g/mol. The van der Waals surface area contributed by atoms with Gasteiger partial charge in [0.05, 0.1) is 11.9 Å². The summed E-state index contributed by atoms with van der Waals surface area (Å²) >= 11 is 0. The summed E-state index contributed by atoms with van der Waals surface area (Å²) in [5.41, 5.74) is 3.74. The Labute approximate surface area is 189 Å². The van der Waals surface area contributed by atoms with Crippen LogP contribution in [-0.2, 0) is 4.79 Å². The number of ketones is 2. The van der Waals surface area contributed by atoms with E-state index in [1.165, 1.54) is 6.92 Å². The molecule has 33 heavy (non-hydrogen) atoms. The number of aliphatic imine (C=N–C) groups is 1. The van der Waals surface area contributed by atoms with Crippen LogP contribution in [0.5, 0.6) is 0 Å². The average molecular weight is 434 g/mol. The number of hydrogen-bond donors (Lipinski definition) is 1. The summed E-state index contributed by atoms with van der Waals surface area (Å²) in [6.45, 7) is 1.45. The largest absolute Gasteiger partial charge is 0.455 e. The van der Waals surface area contributed by atoms with Crippen LogP contribution in [0, 0.1) is 0 Å². The molecule has 1 heterocycles. The summed E-state index contributed by atoms with van der Waals surface area (Å²) in [7, 11) is 0. The first-order valence-corrected chi connectivity index (χ1v) is 10.3. The number of nitrogens with zero attached hydrogens (tertiary/aromatic N) is 1. The molecule has 4 aromatic rings. The van der Waals surface area contributed by atoms with Crippen LogP contribution >= 0.6 is 0 Å². The molecule has 0 bridgehead atoms. The number of hydrogen-bond acceptors (Lipinski definition) is 5. The molecular formula is C27H18N2O4. The molecule has 1 aliphatic rings. The molecule has 160 valence electrons. The van der Waals surface area contributed by atoms with E-state index in [0.717, 1.165) is 0 Å². The van der Waals surface area contributed by atoms with Crippen LogP contribution in [0.25, 0.3) is 11.3 Å². The van der Waals surface area contributed by atoms with E-state index in [1.54, 1.807) is 85.1 Å². The second kappa shape index (κ2) is 8.16. The molecule has 0 spiro atoms. The fraction of sp³-hybridized carbons (Fsp3) is 0.0370. The Morgan fingerprint density at radius 2 is 1.48 bits per heavy atom. The molecule has 6 heteroatoms. The molecule has 5 rings (SSSR count). The standard InChI is InChI=1S/C27H18N2O4/c1-16(30)29-19-9-7-18(8-10-19)28-15-20-11-13-25(33-20)17-6-12-23-24(14-17)27(32)22-5-3-2-4-21(22)26(23)31/h2-15H,1H3,(H,29,30). The predicted octanol–water partition coefficient (Wildman–Crippen LogP) is 5.43. The Morgan fingerprint density at radius 1 is 0.818 bits per heavy atom. The van der Waals surface area contributed by atoms with Crippen molar-refractivity contribution in [2.75, 3.05) is 5.32 Å². The van der Waals surface area contributed by atoms with Gasteiger partial charge in [-0.25, -0.2) is 0 Å². The first kappa shape index (κ1) is 20.3. The Morgan fingerprint density at radius 3 is 2.18 bits per heavy atom. The van der Waals surface area contributed by atoms with E-state index < -0.39 is 0 Å². The van der Waals surface area contributed by atoms with Crippen LogP contribution in [0.1, 0.15) is 44.5 Å². The van der Waals surface area contributed by atoms with E-state index in [9.17, 15) is 14.4 Å². The summed E-state index contributed by atoms with van der Waals surface area (Å²) in [5, 5.41) is 2.71. The number of rotatable bonds is 4. The summed E-state index contributed by atoms with van der Waals surface area (Å²) < 4.78 is 5.89. The van der Waals surface area contributed by atoms with Gasteiger partial charge in [-0.2, -0.15) is 0 Å². The van der Waals surface area contributed by atoms with Crippen LogP contribution in [0.15, 0.2) is 88.3 Å². The van der Waals surface area contributed by atoms with Crippen molar-refractivity contribution in [2.45, 2.75) is 6.92 Å². The fourth-order valence-electron chi connectivity index (χ4n) is 3.80. The predicted molar refractivity (Wildman–Crippen MR) is 125 cm³/mol. The number of benzene rings is 3. The summed E-state index contributed by atoms with van der Waals surface area (Å²) in [6.07, 6.45) is 1.60. The van der Waals surface area contributed by atoms with Crippen molar-refractivity contribution < 1.29 is 18.8 Å². The van der Waals surface area contributed by atoms with Gasteiger partial charge < -0.3 is 9.73 Å². The fourth-order valence-corrected chi connectivity index (χ4v) is 3.80. The molecule has 0 radical (unpaired) electrons. The van der Waals surface area contributed by atoms with E-state index in [0.29, 0.717) is 50.7 Å². The second-order valence-electron chi connectivity index (χ2n) is 7.65. The Hall–Kier alpha value is -4.58. The monoisotopic (exact) mass is 434 g/mol. The molecule has 6 nitrogen and oxygen atoms in total. The third-order valence-electron chi connectivity index (χ3n) is 5.36. The zero-order valence-corrected chi connectivity index (χ0v) is 17.7. The summed E-state index contributed by atoms with van der Waals surface area (Å²) in [4.78, 5) is 41.2. The van der Waals surface area contributed by atoms with Crippen LogP contribution in [-0.4, -0.2) is 23.7 Å². The third-order valence-corrected chi connectivity index (χ3v) is 5.36. The summed E-state index contributed by atoms with van der Waals surface area (Å²) in [6, 6.07) is 22.7. The van der Waals surface area contributed by atoms with Gasteiger partial charge in [-0.1, -0.05) is 30.3 Å². The van der Waals surface area contributed by atoms with Crippen LogP contribution < -0.4 is 5.32 Å². The highest BCUT2D eigenvalue weighted by Gasteiger charge is 2.29. The lowest BCUT2D eigenvalue weighted by Crippen LogP contribution is -2.20. The van der Waals surface area contributed by atoms with Crippen molar-refractivity contribution in [1.82, 2.24) is 0 Å². The number of amides is 1. The van der Waals surface area contributed by atoms with E-state index in [2.05, 4.69) is 10.3 Å². The van der Waals surface area contributed by atoms with Crippen LogP contribution in [0.2, 0.25) is 0 Å². The maximum absolute atomic E-state index is 13.0. The van der Waals surface area contributed by atoms with Gasteiger partial charge in [-0.05, 0) is 48.5 Å². The molecule has 0 fully saturated rings. The van der Waals surface area contributed by atoms with E-state index in [-0.39, 0.29) is 17.5 Å². The zero-order valence-electron chi connectivity index (χ0n) is 17.7. The quantitative estimate of drug-likeness (QED) is 0.382. The van der Waals surface area contributed by atoms with Gasteiger partial charge >= 0.3 is 0 Å². The lowest BCUT2D eigenvalue weighted by atomic mass is 9.83. The number of carbonyl (C=O) groups is 3. The summed E-state index contributed by atoms with van der Waals surface area (Å²) in [5.74, 6) is 0.661. The van der Waals surface area contributed by atoms with Crippen molar-refractivity contribution in [3.05, 3.63) is 107 Å². The van der Waals surface area contributed by atoms with Gasteiger partial charge in [0.2, 0.25) is 5.91 Å². The molecule has 1 aromatic heterocycles. The molecule has 0 aliphatic heterocycles. The van der Waals surface area contributed by atoms with E-state index >= 15 is 0 Å². The minimum atomic E-state index is -0.168. The van der Waals surface area contributed by atoms with Crippen LogP contribution in [0.4, 0.5) is 11.4 Å². The second-order valence-corrected chi connectivity index (χ2v) is 7.65. The lowest BCUT2D eigenvalue weighted by Gasteiger charge is -2.17. The van der Waals surface area contributed by atoms with Crippen molar-refractivity contribution in [3.8, 4) is 11.3 Å². The molecule has 0 unspecified atom stereocenters. The van der Waals surface area contributed by atoms with Crippen molar-refractivity contribution in [2.24, 2.45) is 4.99 Å². The Balaban J connectivity index is 1.38. The molecule has 1 aliphatic carbocycles. The highest BCUT2D eigenvalue weighted by atomic mass is 16.3. The van der Waals surface area contributed by atoms with Gasteiger partial charge in [-0.15, -0.1) is 0 Å². The Kier molecular flexibility index (Phi) is 5.03. The first-order valence-electron chi connectivity index (χ1n) is 10.3. The lowest BCUT2D eigenvalue weighted by molar-refractivity contribution is -0.114. The van der Waals surface area contributed by atoms with Crippen molar-refractivity contribution >= 4 is 35.1 Å². The highest BCUT2D eigenvalue weighted by molar-refractivity contribution is 6.28. The number of fused-ring (bicyclic) bond motifs is 2. The van der Waals surface area contributed by atoms with Crippen molar-refractivity contribution in [1.29, 1.82) is 0 Å². The average Bonchev–Trinajstić information content (AvgIpc) is 3.30. The topological polar surface area (TPSA) is 88.7 Å². The smallest absolute Gasteiger partial charge is 0.221 e. The Bertz CT molecular complexity index is 1450. The van der Waals surface area contributed by atoms with Crippen molar-refractivity contribution in [3.63, 3.8) is 0 Å². The molecule has 0 saturated heterocycles.